The fourth-order valence-electron chi connectivity index (χ4n) is 2.77. The second-order valence-electron chi connectivity index (χ2n) is 6.43. The van der Waals surface area contributed by atoms with Crippen LogP contribution in [0.5, 0.6) is 6.01 Å². The lowest BCUT2D eigenvalue weighted by molar-refractivity contribution is 0.141. The fraction of sp³-hybridized carbons (Fsp3) is 0.389. The van der Waals surface area contributed by atoms with E-state index in [0.29, 0.717) is 35.7 Å². The van der Waals surface area contributed by atoms with Gasteiger partial charge in [0.05, 0.1) is 13.2 Å². The Kier molecular flexibility index (Phi) is 6.25. The second-order valence-corrected chi connectivity index (χ2v) is 7.14. The van der Waals surface area contributed by atoms with Crippen molar-refractivity contribution in [3.63, 3.8) is 0 Å². The Hall–Kier alpha value is -2.23. The molecule has 0 fully saturated rings. The van der Waals surface area contributed by atoms with Gasteiger partial charge in [-0.2, -0.15) is 9.97 Å². The standard InChI is InChI=1S/C18H23BrN6O2/c1-24(2)10-12-5-4-6-13(9-12)11-25-16-14(21-17(25)19)15(20)22-18(23-16)27-8-7-26-3/h4-6,9H,7-8,10-11H2,1-3H3,(H2,20,22,23). The van der Waals surface area contributed by atoms with E-state index in [0.717, 1.165) is 12.1 Å². The number of fused-ring (bicyclic) bond motifs is 1. The van der Waals surface area contributed by atoms with Crippen molar-refractivity contribution < 1.29 is 9.47 Å². The molecule has 3 rings (SSSR count). The van der Waals surface area contributed by atoms with Gasteiger partial charge in [-0.1, -0.05) is 24.3 Å². The van der Waals surface area contributed by atoms with Crippen LogP contribution in [0.25, 0.3) is 11.2 Å². The van der Waals surface area contributed by atoms with Crippen molar-refractivity contribution in [3.8, 4) is 6.01 Å². The van der Waals surface area contributed by atoms with Gasteiger partial charge < -0.3 is 20.1 Å². The van der Waals surface area contributed by atoms with Crippen molar-refractivity contribution >= 4 is 32.9 Å². The van der Waals surface area contributed by atoms with Crippen molar-refractivity contribution in [1.82, 2.24) is 24.4 Å². The van der Waals surface area contributed by atoms with Crippen LogP contribution in [-0.2, 0) is 17.8 Å². The number of hydrogen-bond acceptors (Lipinski definition) is 7. The van der Waals surface area contributed by atoms with Gasteiger partial charge in [-0.05, 0) is 41.2 Å². The molecule has 1 aromatic carbocycles. The maximum absolute atomic E-state index is 6.05. The number of hydrogen-bond donors (Lipinski definition) is 1. The summed E-state index contributed by atoms with van der Waals surface area (Å²) in [5.41, 5.74) is 9.62. The van der Waals surface area contributed by atoms with Crippen LogP contribution in [0.3, 0.4) is 0 Å². The van der Waals surface area contributed by atoms with E-state index in [1.54, 1.807) is 7.11 Å². The number of halogens is 1. The summed E-state index contributed by atoms with van der Waals surface area (Å²) < 4.78 is 13.1. The minimum Gasteiger partial charge on any atom is -0.461 e. The Balaban J connectivity index is 1.92. The number of nitrogens with two attached hydrogens (primary N) is 1. The summed E-state index contributed by atoms with van der Waals surface area (Å²) in [7, 11) is 5.72. The molecule has 2 aromatic heterocycles. The maximum atomic E-state index is 6.05. The normalized spacial score (nSPS) is 11.4. The molecule has 27 heavy (non-hydrogen) atoms. The lowest BCUT2D eigenvalue weighted by atomic mass is 10.1. The summed E-state index contributed by atoms with van der Waals surface area (Å²) in [5.74, 6) is 0.285. The molecule has 0 aliphatic rings. The summed E-state index contributed by atoms with van der Waals surface area (Å²) >= 11 is 3.51. The highest BCUT2D eigenvalue weighted by molar-refractivity contribution is 9.10. The topological polar surface area (TPSA) is 91.3 Å². The molecule has 0 bridgehead atoms. The van der Waals surface area contributed by atoms with Gasteiger partial charge in [-0.3, -0.25) is 4.57 Å². The van der Waals surface area contributed by atoms with Crippen molar-refractivity contribution in [2.24, 2.45) is 0 Å². The number of methoxy groups -OCH3 is 1. The molecule has 0 amide bonds. The van der Waals surface area contributed by atoms with Gasteiger partial charge >= 0.3 is 6.01 Å². The average Bonchev–Trinajstić information content (AvgIpc) is 2.92. The number of anilines is 1. The summed E-state index contributed by atoms with van der Waals surface area (Å²) in [4.78, 5) is 15.3. The van der Waals surface area contributed by atoms with Crippen LogP contribution < -0.4 is 10.5 Å². The smallest absolute Gasteiger partial charge is 0.320 e. The number of imidazole rings is 1. The van der Waals surface area contributed by atoms with Crippen molar-refractivity contribution in [2.45, 2.75) is 13.1 Å². The number of rotatable bonds is 8. The summed E-state index contributed by atoms with van der Waals surface area (Å²) in [6.07, 6.45) is 0. The molecule has 0 atom stereocenters. The zero-order chi connectivity index (χ0) is 19.4. The summed E-state index contributed by atoms with van der Waals surface area (Å²) in [5, 5.41) is 0. The predicted octanol–water partition coefficient (Wildman–Crippen LogP) is 2.31. The highest BCUT2D eigenvalue weighted by Crippen LogP contribution is 2.25. The molecule has 8 nitrogen and oxygen atoms in total. The Morgan fingerprint density at radius 2 is 1.93 bits per heavy atom. The Morgan fingerprint density at radius 1 is 1.15 bits per heavy atom. The van der Waals surface area contributed by atoms with Crippen LogP contribution in [0.1, 0.15) is 11.1 Å². The minimum absolute atomic E-state index is 0.215. The summed E-state index contributed by atoms with van der Waals surface area (Å²) in [6.45, 7) is 2.28. The van der Waals surface area contributed by atoms with Gasteiger partial charge in [0.2, 0.25) is 0 Å². The number of benzene rings is 1. The van der Waals surface area contributed by atoms with Crippen LogP contribution in [0, 0.1) is 0 Å². The van der Waals surface area contributed by atoms with Gasteiger partial charge in [0, 0.05) is 13.7 Å². The Morgan fingerprint density at radius 3 is 2.67 bits per heavy atom. The maximum Gasteiger partial charge on any atom is 0.320 e. The Labute approximate surface area is 166 Å². The SMILES string of the molecule is COCCOc1nc(N)c2nc(Br)n(Cc3cccc(CN(C)C)c3)c2n1. The number of nitrogen functional groups attached to an aromatic ring is 1. The molecule has 0 radical (unpaired) electrons. The van der Waals surface area contributed by atoms with E-state index < -0.39 is 0 Å². The zero-order valence-electron chi connectivity index (χ0n) is 15.6. The molecule has 2 N–H and O–H groups in total. The van der Waals surface area contributed by atoms with Crippen LogP contribution in [0.4, 0.5) is 5.82 Å². The summed E-state index contributed by atoms with van der Waals surface area (Å²) in [6, 6.07) is 8.65. The first-order valence-corrected chi connectivity index (χ1v) is 9.30. The predicted molar refractivity (Wildman–Crippen MR) is 108 cm³/mol. The first-order chi connectivity index (χ1) is 13.0. The monoisotopic (exact) mass is 434 g/mol. The fourth-order valence-corrected chi connectivity index (χ4v) is 3.24. The first-order valence-electron chi connectivity index (χ1n) is 8.51. The van der Waals surface area contributed by atoms with Crippen molar-refractivity contribution in [2.75, 3.05) is 40.2 Å². The molecule has 0 aliphatic heterocycles. The molecular formula is C18H23BrN6O2. The van der Waals surface area contributed by atoms with E-state index in [1.807, 2.05) is 4.57 Å². The lowest BCUT2D eigenvalue weighted by Crippen LogP contribution is -2.11. The van der Waals surface area contributed by atoms with E-state index >= 15 is 0 Å². The average molecular weight is 435 g/mol. The van der Waals surface area contributed by atoms with Crippen molar-refractivity contribution in [3.05, 3.63) is 40.1 Å². The van der Waals surface area contributed by atoms with Gasteiger partial charge in [-0.25, -0.2) is 4.98 Å². The van der Waals surface area contributed by atoms with Crippen molar-refractivity contribution in [1.29, 1.82) is 0 Å². The first kappa shape index (κ1) is 19.5. The quantitative estimate of drug-likeness (QED) is 0.429. The van der Waals surface area contributed by atoms with E-state index in [9.17, 15) is 0 Å². The number of aromatic nitrogens is 4. The molecule has 0 saturated heterocycles. The van der Waals surface area contributed by atoms with Crippen LogP contribution in [0.2, 0.25) is 0 Å². The van der Waals surface area contributed by atoms with Crippen LogP contribution in [0.15, 0.2) is 29.0 Å². The molecule has 3 aromatic rings. The van der Waals surface area contributed by atoms with E-state index in [4.69, 9.17) is 15.2 Å². The largest absolute Gasteiger partial charge is 0.461 e. The highest BCUT2D eigenvalue weighted by Gasteiger charge is 2.16. The Bertz CT molecular complexity index is 928. The third-order valence-electron chi connectivity index (χ3n) is 3.90. The molecule has 0 saturated carbocycles. The number of ether oxygens (including phenoxy) is 2. The van der Waals surface area contributed by atoms with Gasteiger partial charge in [0.15, 0.2) is 21.7 Å². The van der Waals surface area contributed by atoms with E-state index in [2.05, 4.69) is 74.1 Å². The second kappa shape index (κ2) is 8.64. The van der Waals surface area contributed by atoms with E-state index in [-0.39, 0.29) is 11.8 Å². The van der Waals surface area contributed by atoms with Crippen LogP contribution >= 0.6 is 15.9 Å². The van der Waals surface area contributed by atoms with Crippen LogP contribution in [-0.4, -0.2) is 58.8 Å². The molecule has 2 heterocycles. The third-order valence-corrected chi connectivity index (χ3v) is 4.51. The van der Waals surface area contributed by atoms with E-state index in [1.165, 1.54) is 5.56 Å². The molecule has 0 unspecified atom stereocenters. The number of nitrogens with zero attached hydrogens (tertiary/aromatic N) is 5. The highest BCUT2D eigenvalue weighted by atomic mass is 79.9. The minimum atomic E-state index is 0.215. The zero-order valence-corrected chi connectivity index (χ0v) is 17.2. The van der Waals surface area contributed by atoms with Gasteiger partial charge in [0.25, 0.3) is 0 Å². The molecular weight excluding hydrogens is 412 g/mol. The molecule has 0 aliphatic carbocycles. The lowest BCUT2D eigenvalue weighted by Gasteiger charge is -2.12. The molecule has 144 valence electrons. The van der Waals surface area contributed by atoms with Gasteiger partial charge in [-0.15, -0.1) is 0 Å². The molecule has 9 heteroatoms. The molecule has 0 spiro atoms. The van der Waals surface area contributed by atoms with Gasteiger partial charge in [0.1, 0.15) is 6.61 Å². The third kappa shape index (κ3) is 4.74.